The molecular weight excluding hydrogens is 741 g/mol. The molecule has 0 rings (SSSR count). The Kier molecular flexibility index (Phi) is 36.0. The molecule has 328 valence electrons. The predicted octanol–water partition coefficient (Wildman–Crippen LogP) is 10.6. The van der Waals surface area contributed by atoms with Crippen LogP contribution in [0.15, 0.2) is 72.9 Å². The van der Waals surface area contributed by atoms with Crippen LogP contribution in [0.3, 0.4) is 0 Å². The number of aliphatic hydroxyl groups is 1. The summed E-state index contributed by atoms with van der Waals surface area (Å²) in [4.78, 5) is 37.5. The van der Waals surface area contributed by atoms with Crippen LogP contribution in [0.2, 0.25) is 0 Å². The number of ether oxygens (including phenoxy) is 2. The number of phosphoric ester groups is 1. The van der Waals surface area contributed by atoms with E-state index in [1.54, 1.807) is 0 Å². The predicted molar refractivity (Wildman–Crippen MR) is 232 cm³/mol. The number of hydrogen-bond donors (Lipinski definition) is 1. The third-order valence-corrected chi connectivity index (χ3v) is 9.72. The van der Waals surface area contributed by atoms with E-state index in [0.717, 1.165) is 77.0 Å². The molecule has 0 aromatic heterocycles. The molecule has 0 fully saturated rings. The average molecular weight is 822 g/mol. The van der Waals surface area contributed by atoms with E-state index < -0.39 is 32.5 Å². The maximum absolute atomic E-state index is 12.7. The monoisotopic (exact) mass is 822 g/mol. The molecule has 0 aliphatic rings. The highest BCUT2D eigenvalue weighted by Crippen LogP contribution is 2.38. The molecule has 1 N–H and O–H groups in total. The number of phosphoric acid groups is 1. The van der Waals surface area contributed by atoms with Crippen LogP contribution < -0.4 is 4.89 Å². The van der Waals surface area contributed by atoms with Crippen LogP contribution in [-0.4, -0.2) is 81.2 Å². The lowest BCUT2D eigenvalue weighted by Crippen LogP contribution is -2.37. The number of carbonyl (C=O) groups is 2. The molecule has 0 radical (unpaired) electrons. The second kappa shape index (κ2) is 37.7. The molecule has 3 atom stereocenters. The second-order valence-electron chi connectivity index (χ2n) is 15.5. The molecule has 0 heterocycles. The lowest BCUT2D eigenvalue weighted by Gasteiger charge is -2.28. The molecule has 10 nitrogen and oxygen atoms in total. The molecule has 0 aliphatic heterocycles. The molecule has 0 spiro atoms. The van der Waals surface area contributed by atoms with Crippen molar-refractivity contribution in [3.05, 3.63) is 72.9 Å². The summed E-state index contributed by atoms with van der Waals surface area (Å²) < 4.78 is 33.8. The maximum Gasteiger partial charge on any atom is 0.306 e. The lowest BCUT2D eigenvalue weighted by atomic mass is 10.1. The minimum Gasteiger partial charge on any atom is -0.756 e. The van der Waals surface area contributed by atoms with E-state index >= 15 is 0 Å². The average Bonchev–Trinajstić information content (AvgIpc) is 3.15. The van der Waals surface area contributed by atoms with Gasteiger partial charge in [0.2, 0.25) is 0 Å². The largest absolute Gasteiger partial charge is 0.756 e. The van der Waals surface area contributed by atoms with Crippen molar-refractivity contribution in [1.82, 2.24) is 0 Å². The fourth-order valence-corrected chi connectivity index (χ4v) is 6.07. The zero-order valence-corrected chi connectivity index (χ0v) is 37.3. The van der Waals surface area contributed by atoms with Gasteiger partial charge in [-0.1, -0.05) is 125 Å². The number of unbranched alkanes of at least 4 members (excludes halogenated alkanes) is 9. The van der Waals surface area contributed by atoms with Crippen molar-refractivity contribution < 1.29 is 47.2 Å². The summed E-state index contributed by atoms with van der Waals surface area (Å²) in [5.74, 6) is -0.944. The Morgan fingerprint density at radius 1 is 0.632 bits per heavy atom. The van der Waals surface area contributed by atoms with Gasteiger partial charge < -0.3 is 33.0 Å². The number of quaternary nitrogens is 1. The lowest BCUT2D eigenvalue weighted by molar-refractivity contribution is -0.870. The number of likely N-dealkylation sites (N-methyl/N-ethyl adjacent to an activating group) is 1. The maximum atomic E-state index is 12.7. The second-order valence-corrected chi connectivity index (χ2v) is 16.9. The van der Waals surface area contributed by atoms with E-state index in [1.165, 1.54) is 19.3 Å². The molecule has 0 saturated carbocycles. The van der Waals surface area contributed by atoms with Crippen molar-refractivity contribution in [3.63, 3.8) is 0 Å². The minimum absolute atomic E-state index is 0.0520. The Labute approximate surface area is 347 Å². The summed E-state index contributed by atoms with van der Waals surface area (Å²) in [5.41, 5.74) is 0. The number of allylic oxidation sites excluding steroid dienone is 11. The van der Waals surface area contributed by atoms with E-state index in [2.05, 4.69) is 74.6 Å². The zero-order chi connectivity index (χ0) is 42.3. The van der Waals surface area contributed by atoms with Crippen LogP contribution in [-0.2, 0) is 32.7 Å². The Morgan fingerprint density at radius 3 is 1.72 bits per heavy atom. The first-order valence-electron chi connectivity index (χ1n) is 21.7. The smallest absolute Gasteiger partial charge is 0.306 e. The number of nitrogens with zero attached hydrogens (tertiary/aromatic N) is 1. The van der Waals surface area contributed by atoms with Crippen molar-refractivity contribution in [2.45, 2.75) is 161 Å². The van der Waals surface area contributed by atoms with Gasteiger partial charge in [0, 0.05) is 12.8 Å². The van der Waals surface area contributed by atoms with Gasteiger partial charge in [0.1, 0.15) is 19.8 Å². The van der Waals surface area contributed by atoms with Crippen molar-refractivity contribution in [2.24, 2.45) is 0 Å². The van der Waals surface area contributed by atoms with Gasteiger partial charge in [0.15, 0.2) is 6.10 Å². The number of hydrogen-bond acceptors (Lipinski definition) is 9. The van der Waals surface area contributed by atoms with E-state index in [0.29, 0.717) is 36.7 Å². The number of esters is 2. The minimum atomic E-state index is -4.65. The highest BCUT2D eigenvalue weighted by atomic mass is 31.2. The normalized spacial score (nSPS) is 14.9. The van der Waals surface area contributed by atoms with E-state index in [1.807, 2.05) is 33.3 Å². The zero-order valence-electron chi connectivity index (χ0n) is 36.4. The van der Waals surface area contributed by atoms with Gasteiger partial charge in [-0.25, -0.2) is 0 Å². The molecule has 2 unspecified atom stereocenters. The van der Waals surface area contributed by atoms with Crippen molar-refractivity contribution >= 4 is 19.8 Å². The van der Waals surface area contributed by atoms with Gasteiger partial charge in [-0.05, 0) is 83.5 Å². The summed E-state index contributed by atoms with van der Waals surface area (Å²) >= 11 is 0. The van der Waals surface area contributed by atoms with Crippen LogP contribution in [0.1, 0.15) is 149 Å². The summed E-state index contributed by atoms with van der Waals surface area (Å²) in [6.07, 6.45) is 42.8. The van der Waals surface area contributed by atoms with Crippen LogP contribution in [0.4, 0.5) is 0 Å². The van der Waals surface area contributed by atoms with Gasteiger partial charge in [-0.3, -0.25) is 14.2 Å². The summed E-state index contributed by atoms with van der Waals surface area (Å²) in [6.45, 7) is 3.88. The van der Waals surface area contributed by atoms with Crippen LogP contribution in [0.5, 0.6) is 0 Å². The van der Waals surface area contributed by atoms with Gasteiger partial charge in [-0.15, -0.1) is 0 Å². The van der Waals surface area contributed by atoms with Crippen LogP contribution in [0, 0.1) is 0 Å². The molecule has 57 heavy (non-hydrogen) atoms. The summed E-state index contributed by atoms with van der Waals surface area (Å²) in [7, 11) is 1.09. The standard InChI is InChI=1S/C46H80NO9P/c1-6-8-9-10-11-12-13-14-15-18-22-25-28-31-34-38-46(50)56-44(42-55-57(51,52)54-40-39-47(3,4)5)41-53-45(49)37-33-30-27-24-21-19-16-17-20-23-26-29-32-36-43(48)35-7-2/h11-12,14-16,19-20,23-24,27,29,32,43-44,48H,6-10,13,17-18,21-22,25-26,28,30-31,33-42H2,1-5H3/b12-11-,15-14-,19-16-,23-20-,27-24-,32-29-/t43?,44-/m1/s1. The van der Waals surface area contributed by atoms with Crippen LogP contribution >= 0.6 is 7.82 Å². The third-order valence-electron chi connectivity index (χ3n) is 8.75. The molecule has 0 aromatic carbocycles. The first-order chi connectivity index (χ1) is 27.4. The number of rotatable bonds is 38. The van der Waals surface area contributed by atoms with Crippen LogP contribution in [0.25, 0.3) is 0 Å². The third kappa shape index (κ3) is 41.4. The Balaban J connectivity index is 4.52. The summed E-state index contributed by atoms with van der Waals surface area (Å²) in [5, 5.41) is 9.73. The van der Waals surface area contributed by atoms with Crippen molar-refractivity contribution in [1.29, 1.82) is 0 Å². The quantitative estimate of drug-likeness (QED) is 0.0213. The Hall–Kier alpha value is -2.59. The van der Waals surface area contributed by atoms with Crippen molar-refractivity contribution in [2.75, 3.05) is 47.5 Å². The molecule has 0 amide bonds. The van der Waals surface area contributed by atoms with Gasteiger partial charge >= 0.3 is 11.9 Å². The molecule has 11 heteroatoms. The fourth-order valence-electron chi connectivity index (χ4n) is 5.34. The first-order valence-corrected chi connectivity index (χ1v) is 23.2. The summed E-state index contributed by atoms with van der Waals surface area (Å²) in [6, 6.07) is 0. The number of carbonyl (C=O) groups excluding carboxylic acids is 2. The van der Waals surface area contributed by atoms with E-state index in [4.69, 9.17) is 18.5 Å². The Bertz CT molecular complexity index is 1220. The first kappa shape index (κ1) is 54.4. The molecule has 0 aromatic rings. The number of aliphatic hydroxyl groups excluding tert-OH is 1. The molecule has 0 aliphatic carbocycles. The highest BCUT2D eigenvalue weighted by molar-refractivity contribution is 7.45. The molecule has 0 saturated heterocycles. The fraction of sp³-hybridized carbons (Fsp3) is 0.696. The van der Waals surface area contributed by atoms with Gasteiger partial charge in [0.25, 0.3) is 7.82 Å². The molecular formula is C46H80NO9P. The van der Waals surface area contributed by atoms with E-state index in [9.17, 15) is 24.2 Å². The molecule has 0 bridgehead atoms. The Morgan fingerprint density at radius 2 is 1.14 bits per heavy atom. The van der Waals surface area contributed by atoms with Gasteiger partial charge in [0.05, 0.1) is 33.9 Å². The topological polar surface area (TPSA) is 131 Å². The van der Waals surface area contributed by atoms with Crippen molar-refractivity contribution in [3.8, 4) is 0 Å². The SMILES string of the molecule is CCCCC/C=C\C/C=C\CCCCCCCC(=O)O[C@H](COC(=O)CCC/C=C\C/C=C\C/C=C\C/C=C\CC(O)CCC)COP(=O)([O-])OCC[N+](C)(C)C. The van der Waals surface area contributed by atoms with E-state index in [-0.39, 0.29) is 32.2 Å². The highest BCUT2D eigenvalue weighted by Gasteiger charge is 2.21. The van der Waals surface area contributed by atoms with Gasteiger partial charge in [-0.2, -0.15) is 0 Å².